The maximum absolute atomic E-state index is 12.5. The number of aryl methyl sites for hydroxylation is 1. The van der Waals surface area contributed by atoms with Crippen molar-refractivity contribution < 1.29 is 4.74 Å². The number of likely N-dealkylation sites (tertiary alicyclic amines) is 1. The summed E-state index contributed by atoms with van der Waals surface area (Å²) in [6, 6.07) is 10.3. The van der Waals surface area contributed by atoms with Crippen molar-refractivity contribution >= 4 is 32.6 Å². The normalized spacial score (nSPS) is 15.6. The minimum absolute atomic E-state index is 0.0544. The molecule has 2 aromatic heterocycles. The van der Waals surface area contributed by atoms with Crippen LogP contribution in [-0.2, 0) is 0 Å². The van der Waals surface area contributed by atoms with E-state index < -0.39 is 0 Å². The second kappa shape index (κ2) is 6.99. The minimum Gasteiger partial charge on any atom is -0.492 e. The summed E-state index contributed by atoms with van der Waals surface area (Å²) in [5, 5.41) is 3.88. The summed E-state index contributed by atoms with van der Waals surface area (Å²) in [5.41, 5.74) is 2.88. The lowest BCUT2D eigenvalue weighted by atomic mass is 10.0. The van der Waals surface area contributed by atoms with E-state index in [1.165, 1.54) is 32.4 Å². The van der Waals surface area contributed by atoms with Gasteiger partial charge >= 0.3 is 0 Å². The van der Waals surface area contributed by atoms with Crippen molar-refractivity contribution in [3.63, 3.8) is 0 Å². The number of pyridine rings is 1. The molecule has 5 nitrogen and oxygen atoms in total. The van der Waals surface area contributed by atoms with Gasteiger partial charge in [0.25, 0.3) is 5.56 Å². The van der Waals surface area contributed by atoms with Gasteiger partial charge < -0.3 is 14.7 Å². The molecule has 1 fully saturated rings. The van der Waals surface area contributed by atoms with Crippen LogP contribution in [0.25, 0.3) is 32.6 Å². The van der Waals surface area contributed by atoms with Crippen molar-refractivity contribution in [2.24, 2.45) is 0 Å². The number of aromatic amines is 2. The zero-order chi connectivity index (χ0) is 19.1. The van der Waals surface area contributed by atoms with E-state index in [1.807, 2.05) is 19.1 Å². The fourth-order valence-corrected chi connectivity index (χ4v) is 4.41. The van der Waals surface area contributed by atoms with Gasteiger partial charge in [0.2, 0.25) is 0 Å². The second-order valence-electron chi connectivity index (χ2n) is 7.80. The van der Waals surface area contributed by atoms with Gasteiger partial charge in [0.15, 0.2) is 0 Å². The molecule has 0 spiro atoms. The van der Waals surface area contributed by atoms with Gasteiger partial charge in [0, 0.05) is 23.6 Å². The smallest absolute Gasteiger partial charge is 0.258 e. The first kappa shape index (κ1) is 17.3. The van der Waals surface area contributed by atoms with Gasteiger partial charge in [-0.3, -0.25) is 9.69 Å². The number of fused-ring (bicyclic) bond motifs is 5. The van der Waals surface area contributed by atoms with E-state index in [4.69, 9.17) is 4.74 Å². The Morgan fingerprint density at radius 1 is 1.07 bits per heavy atom. The Morgan fingerprint density at radius 3 is 2.79 bits per heavy atom. The predicted octanol–water partition coefficient (Wildman–Crippen LogP) is 4.34. The Hall–Kier alpha value is -2.79. The predicted molar refractivity (Wildman–Crippen MR) is 114 cm³/mol. The average Bonchev–Trinajstić information content (AvgIpc) is 3.13. The fourth-order valence-electron chi connectivity index (χ4n) is 4.41. The third kappa shape index (κ3) is 2.96. The molecule has 1 aliphatic heterocycles. The van der Waals surface area contributed by atoms with Crippen LogP contribution < -0.4 is 10.3 Å². The number of ether oxygens (including phenoxy) is 1. The van der Waals surface area contributed by atoms with Crippen LogP contribution in [0.3, 0.4) is 0 Å². The molecule has 0 radical (unpaired) electrons. The largest absolute Gasteiger partial charge is 0.492 e. The second-order valence-corrected chi connectivity index (χ2v) is 7.80. The Labute approximate surface area is 163 Å². The van der Waals surface area contributed by atoms with Crippen molar-refractivity contribution in [2.75, 3.05) is 26.2 Å². The lowest BCUT2D eigenvalue weighted by molar-refractivity contribution is 0.183. The Kier molecular flexibility index (Phi) is 4.32. The number of nitrogens with one attached hydrogen (secondary N) is 2. The summed E-state index contributed by atoms with van der Waals surface area (Å²) in [6.07, 6.45) is 5.72. The molecule has 3 heterocycles. The van der Waals surface area contributed by atoms with Crippen molar-refractivity contribution in [3.05, 3.63) is 52.4 Å². The number of aromatic nitrogens is 2. The summed E-state index contributed by atoms with van der Waals surface area (Å²) in [4.78, 5) is 21.2. The zero-order valence-corrected chi connectivity index (χ0v) is 16.2. The highest BCUT2D eigenvalue weighted by Crippen LogP contribution is 2.33. The van der Waals surface area contributed by atoms with Crippen LogP contribution in [0.4, 0.5) is 0 Å². The first-order valence-corrected chi connectivity index (χ1v) is 10.1. The molecule has 0 atom stereocenters. The third-order valence-electron chi connectivity index (χ3n) is 5.92. The molecule has 5 rings (SSSR count). The average molecular weight is 375 g/mol. The highest BCUT2D eigenvalue weighted by molar-refractivity contribution is 6.20. The number of hydrogen-bond acceptors (Lipinski definition) is 3. The molecule has 0 amide bonds. The van der Waals surface area contributed by atoms with Crippen LogP contribution in [0.1, 0.15) is 24.8 Å². The lowest BCUT2D eigenvalue weighted by Crippen LogP contribution is -2.33. The van der Waals surface area contributed by atoms with E-state index in [9.17, 15) is 4.79 Å². The standard InChI is InChI=1S/C23H25N3O2/c1-15-14-24-23(27)21-20-18-7-6-17(28-12-11-26-9-3-2-4-10-26)13-16(18)5-8-19(20)25-22(15)21/h5-8,13-14,25H,2-4,9-12H2,1H3,(H,24,27). The minimum atomic E-state index is -0.0544. The third-order valence-corrected chi connectivity index (χ3v) is 5.92. The lowest BCUT2D eigenvalue weighted by Gasteiger charge is -2.26. The topological polar surface area (TPSA) is 61.1 Å². The number of H-pyrrole nitrogens is 2. The van der Waals surface area contributed by atoms with Gasteiger partial charge in [-0.25, -0.2) is 0 Å². The molecule has 1 aliphatic rings. The van der Waals surface area contributed by atoms with Crippen LogP contribution in [0, 0.1) is 6.92 Å². The molecule has 1 saturated heterocycles. The SMILES string of the molecule is Cc1c[nH]c(=O)c2c1[nH]c1ccc3cc(OCCN4CCCCC4)ccc3c12. The van der Waals surface area contributed by atoms with Gasteiger partial charge in [-0.1, -0.05) is 12.5 Å². The molecule has 0 unspecified atom stereocenters. The highest BCUT2D eigenvalue weighted by atomic mass is 16.5. The maximum atomic E-state index is 12.5. The molecular weight excluding hydrogens is 350 g/mol. The van der Waals surface area contributed by atoms with Crippen molar-refractivity contribution in [3.8, 4) is 5.75 Å². The van der Waals surface area contributed by atoms with Gasteiger partial charge in [0.1, 0.15) is 12.4 Å². The summed E-state index contributed by atoms with van der Waals surface area (Å²) in [7, 11) is 0. The molecule has 2 aromatic carbocycles. The molecule has 0 saturated carbocycles. The highest BCUT2D eigenvalue weighted by Gasteiger charge is 2.14. The van der Waals surface area contributed by atoms with Gasteiger partial charge in [-0.2, -0.15) is 0 Å². The van der Waals surface area contributed by atoms with E-state index in [0.717, 1.165) is 50.4 Å². The van der Waals surface area contributed by atoms with Crippen LogP contribution in [0.2, 0.25) is 0 Å². The number of nitrogens with zero attached hydrogens (tertiary/aromatic N) is 1. The van der Waals surface area contributed by atoms with E-state index in [-0.39, 0.29) is 5.56 Å². The van der Waals surface area contributed by atoms with Crippen molar-refractivity contribution in [2.45, 2.75) is 26.2 Å². The van der Waals surface area contributed by atoms with E-state index in [2.05, 4.69) is 33.1 Å². The summed E-state index contributed by atoms with van der Waals surface area (Å²) in [5.74, 6) is 0.883. The maximum Gasteiger partial charge on any atom is 0.258 e. The van der Waals surface area contributed by atoms with Crippen LogP contribution in [0.5, 0.6) is 5.75 Å². The van der Waals surface area contributed by atoms with Gasteiger partial charge in [0.05, 0.1) is 10.9 Å². The molecule has 0 aliphatic carbocycles. The summed E-state index contributed by atoms with van der Waals surface area (Å²) < 4.78 is 6.02. The van der Waals surface area contributed by atoms with E-state index >= 15 is 0 Å². The zero-order valence-electron chi connectivity index (χ0n) is 16.2. The number of rotatable bonds is 4. The molecule has 5 heteroatoms. The molecule has 144 valence electrons. The molecule has 4 aromatic rings. The van der Waals surface area contributed by atoms with Crippen molar-refractivity contribution in [1.29, 1.82) is 0 Å². The summed E-state index contributed by atoms with van der Waals surface area (Å²) >= 11 is 0. The molecule has 2 N–H and O–H groups in total. The van der Waals surface area contributed by atoms with E-state index in [0.29, 0.717) is 6.61 Å². The Morgan fingerprint density at radius 2 is 1.93 bits per heavy atom. The molecule has 28 heavy (non-hydrogen) atoms. The number of benzene rings is 2. The van der Waals surface area contributed by atoms with Crippen LogP contribution >= 0.6 is 0 Å². The first-order valence-electron chi connectivity index (χ1n) is 10.1. The number of hydrogen-bond donors (Lipinski definition) is 2. The van der Waals surface area contributed by atoms with Crippen molar-refractivity contribution in [1.82, 2.24) is 14.9 Å². The fraction of sp³-hybridized carbons (Fsp3) is 0.348. The van der Waals surface area contributed by atoms with Gasteiger partial charge in [-0.05, 0) is 73.5 Å². The quantitative estimate of drug-likeness (QED) is 0.558. The number of piperidine rings is 1. The molecular formula is C23H25N3O2. The van der Waals surface area contributed by atoms with E-state index in [1.54, 1.807) is 6.20 Å². The monoisotopic (exact) mass is 375 g/mol. The van der Waals surface area contributed by atoms with Crippen LogP contribution in [-0.4, -0.2) is 41.1 Å². The Bertz CT molecular complexity index is 1220. The Balaban J connectivity index is 1.48. The first-order chi connectivity index (χ1) is 13.7. The molecule has 0 bridgehead atoms. The van der Waals surface area contributed by atoms with Crippen LogP contribution in [0.15, 0.2) is 41.3 Å². The van der Waals surface area contributed by atoms with Gasteiger partial charge in [-0.15, -0.1) is 0 Å². The summed E-state index contributed by atoms with van der Waals surface area (Å²) in [6.45, 7) is 6.07.